The molecule has 164 valence electrons. The Morgan fingerprint density at radius 2 is 2.07 bits per heavy atom. The minimum atomic E-state index is -1.53. The maximum absolute atomic E-state index is 12.5. The molecule has 2 bridgehead atoms. The molecule has 0 saturated carbocycles. The Morgan fingerprint density at radius 1 is 1.23 bits per heavy atom. The average Bonchev–Trinajstić information content (AvgIpc) is 3.32. The number of allylic oxidation sites excluding steroid dienone is 1. The molecule has 0 unspecified atom stereocenters. The standard InChI is InChI=1S/C22H29NO5S2/c1-13-3-5-15-7-8-29-20(15)14(2)4-6-16-10-17(27-19(24)9-13)11-22(26,28-16)18-12-30-21(25)23-18/h7-9,14,16-18,26H,3-6,10-12H2,1-2H3,(H,23,25)/t14-,16+,17+,18-,22+/m0/s1. The van der Waals surface area contributed by atoms with Crippen LogP contribution in [0.4, 0.5) is 4.79 Å². The summed E-state index contributed by atoms with van der Waals surface area (Å²) in [5.41, 5.74) is 2.33. The number of esters is 1. The number of hydrogen-bond acceptors (Lipinski definition) is 7. The van der Waals surface area contributed by atoms with Crippen molar-refractivity contribution in [3.05, 3.63) is 33.5 Å². The van der Waals surface area contributed by atoms with E-state index in [0.29, 0.717) is 18.1 Å². The van der Waals surface area contributed by atoms with E-state index in [-0.39, 0.29) is 23.7 Å². The van der Waals surface area contributed by atoms with Crippen LogP contribution in [0.25, 0.3) is 0 Å². The van der Waals surface area contributed by atoms with Crippen LogP contribution >= 0.6 is 23.1 Å². The molecule has 30 heavy (non-hydrogen) atoms. The van der Waals surface area contributed by atoms with Gasteiger partial charge in [0.1, 0.15) is 6.10 Å². The summed E-state index contributed by atoms with van der Waals surface area (Å²) in [5, 5.41) is 16.0. The van der Waals surface area contributed by atoms with E-state index in [0.717, 1.165) is 43.0 Å². The summed E-state index contributed by atoms with van der Waals surface area (Å²) >= 11 is 2.93. The zero-order valence-corrected chi connectivity index (χ0v) is 19.0. The number of hydrogen-bond donors (Lipinski definition) is 2. The van der Waals surface area contributed by atoms with Gasteiger partial charge < -0.3 is 19.9 Å². The first-order valence-electron chi connectivity index (χ1n) is 10.6. The minimum Gasteiger partial charge on any atom is -0.459 e. The molecule has 2 saturated heterocycles. The second kappa shape index (κ2) is 9.02. The van der Waals surface area contributed by atoms with Crippen molar-refractivity contribution in [2.45, 2.75) is 82.3 Å². The van der Waals surface area contributed by atoms with Crippen molar-refractivity contribution in [2.24, 2.45) is 0 Å². The highest BCUT2D eigenvalue weighted by molar-refractivity contribution is 8.14. The highest BCUT2D eigenvalue weighted by Gasteiger charge is 2.49. The van der Waals surface area contributed by atoms with Gasteiger partial charge in [0, 0.05) is 29.5 Å². The smallest absolute Gasteiger partial charge is 0.330 e. The van der Waals surface area contributed by atoms with E-state index in [9.17, 15) is 14.7 Å². The quantitative estimate of drug-likeness (QED) is 0.625. The van der Waals surface area contributed by atoms with Gasteiger partial charge in [-0.1, -0.05) is 24.3 Å². The first-order chi connectivity index (χ1) is 14.3. The molecule has 8 heteroatoms. The Bertz CT molecular complexity index is 837. The fraction of sp³-hybridized carbons (Fsp3) is 0.636. The monoisotopic (exact) mass is 451 g/mol. The van der Waals surface area contributed by atoms with Crippen LogP contribution in [0.5, 0.6) is 0 Å². The molecule has 4 rings (SSSR count). The normalized spacial score (nSPS) is 35.6. The largest absolute Gasteiger partial charge is 0.459 e. The summed E-state index contributed by atoms with van der Waals surface area (Å²) in [6, 6.07) is 1.68. The Hall–Kier alpha value is -1.35. The Morgan fingerprint density at radius 3 is 2.83 bits per heavy atom. The summed E-state index contributed by atoms with van der Waals surface area (Å²) in [5.74, 6) is -1.06. The Labute approximate surface area is 185 Å². The molecule has 1 amide bonds. The lowest BCUT2D eigenvalue weighted by molar-refractivity contribution is -0.283. The summed E-state index contributed by atoms with van der Waals surface area (Å²) in [4.78, 5) is 25.6. The van der Waals surface area contributed by atoms with Crippen LogP contribution in [0.1, 0.15) is 62.3 Å². The highest BCUT2D eigenvalue weighted by Crippen LogP contribution is 2.38. The first kappa shape index (κ1) is 21.9. The lowest BCUT2D eigenvalue weighted by Crippen LogP contribution is -2.58. The molecular formula is C22H29NO5S2. The van der Waals surface area contributed by atoms with E-state index in [1.54, 1.807) is 17.4 Å². The van der Waals surface area contributed by atoms with Gasteiger partial charge in [-0.05, 0) is 55.5 Å². The number of nitrogens with one attached hydrogen (secondary N) is 1. The van der Waals surface area contributed by atoms with Crippen LogP contribution in [0.2, 0.25) is 0 Å². The molecule has 5 atom stereocenters. The number of carbonyl (C=O) groups excluding carboxylic acids is 2. The number of ether oxygens (including phenoxy) is 2. The van der Waals surface area contributed by atoms with Gasteiger partial charge in [-0.15, -0.1) is 11.3 Å². The zero-order chi connectivity index (χ0) is 21.3. The maximum atomic E-state index is 12.5. The SMILES string of the molecule is CC1=CC(=O)O[C@@H]2C[C@@H](CC[C@H](C)c3sccc3CC1)O[C@@](O)([C@@H]1CSC(=O)N1)C2. The highest BCUT2D eigenvalue weighted by atomic mass is 32.2. The molecule has 3 aliphatic rings. The Kier molecular flexibility index (Phi) is 6.58. The van der Waals surface area contributed by atoms with Gasteiger partial charge in [0.05, 0.1) is 12.1 Å². The van der Waals surface area contributed by atoms with Crippen molar-refractivity contribution in [1.29, 1.82) is 0 Å². The van der Waals surface area contributed by atoms with Gasteiger partial charge in [0.25, 0.3) is 5.24 Å². The number of aryl methyl sites for hydroxylation is 1. The fourth-order valence-corrected chi connectivity index (χ4v) is 6.50. The molecule has 1 aromatic rings. The van der Waals surface area contributed by atoms with Gasteiger partial charge >= 0.3 is 5.97 Å². The molecule has 0 aliphatic carbocycles. The van der Waals surface area contributed by atoms with Crippen LogP contribution in [-0.2, 0) is 20.7 Å². The third kappa shape index (κ3) is 4.93. The van der Waals surface area contributed by atoms with Crippen molar-refractivity contribution >= 4 is 34.3 Å². The minimum absolute atomic E-state index is 0.160. The molecule has 2 fully saturated rings. The zero-order valence-electron chi connectivity index (χ0n) is 17.4. The van der Waals surface area contributed by atoms with Gasteiger partial charge in [0.15, 0.2) is 5.79 Å². The number of carbonyl (C=O) groups is 2. The third-order valence-electron chi connectivity index (χ3n) is 6.22. The predicted octanol–water partition coefficient (Wildman–Crippen LogP) is 4.13. The molecule has 0 radical (unpaired) electrons. The van der Waals surface area contributed by atoms with Crippen LogP contribution in [0, 0.1) is 0 Å². The van der Waals surface area contributed by atoms with E-state index in [1.165, 1.54) is 10.4 Å². The Balaban J connectivity index is 1.58. The number of rotatable bonds is 1. The molecule has 2 N–H and O–H groups in total. The molecule has 0 spiro atoms. The van der Waals surface area contributed by atoms with Crippen LogP contribution in [-0.4, -0.2) is 46.1 Å². The summed E-state index contributed by atoms with van der Waals surface area (Å²) < 4.78 is 11.9. The van der Waals surface area contributed by atoms with E-state index in [2.05, 4.69) is 23.7 Å². The predicted molar refractivity (Wildman–Crippen MR) is 118 cm³/mol. The summed E-state index contributed by atoms with van der Waals surface area (Å²) in [7, 11) is 0. The van der Waals surface area contributed by atoms with Gasteiger partial charge in [-0.3, -0.25) is 4.79 Å². The van der Waals surface area contributed by atoms with E-state index in [4.69, 9.17) is 9.47 Å². The average molecular weight is 452 g/mol. The van der Waals surface area contributed by atoms with Crippen molar-refractivity contribution in [2.75, 3.05) is 5.75 Å². The topological polar surface area (TPSA) is 84.9 Å². The first-order valence-corrected chi connectivity index (χ1v) is 12.5. The molecule has 0 aromatic carbocycles. The molecular weight excluding hydrogens is 422 g/mol. The van der Waals surface area contributed by atoms with Crippen LogP contribution in [0.3, 0.4) is 0 Å². The van der Waals surface area contributed by atoms with E-state index < -0.39 is 17.9 Å². The third-order valence-corrected chi connectivity index (χ3v) is 8.29. The molecule has 3 aliphatic heterocycles. The number of fused-ring (bicyclic) bond motifs is 3. The maximum Gasteiger partial charge on any atom is 0.330 e. The van der Waals surface area contributed by atoms with Crippen molar-refractivity contribution < 1.29 is 24.2 Å². The van der Waals surface area contributed by atoms with Crippen molar-refractivity contribution in [1.82, 2.24) is 5.32 Å². The van der Waals surface area contributed by atoms with E-state index >= 15 is 0 Å². The van der Waals surface area contributed by atoms with Gasteiger partial charge in [-0.25, -0.2) is 4.79 Å². The lowest BCUT2D eigenvalue weighted by Gasteiger charge is -2.43. The number of thiophene rings is 1. The second-order valence-electron chi connectivity index (χ2n) is 8.66. The van der Waals surface area contributed by atoms with Crippen LogP contribution < -0.4 is 5.32 Å². The van der Waals surface area contributed by atoms with Gasteiger partial charge in [-0.2, -0.15) is 0 Å². The van der Waals surface area contributed by atoms with Crippen molar-refractivity contribution in [3.8, 4) is 0 Å². The van der Waals surface area contributed by atoms with Crippen LogP contribution in [0.15, 0.2) is 23.1 Å². The van der Waals surface area contributed by atoms with Crippen molar-refractivity contribution in [3.63, 3.8) is 0 Å². The van der Waals surface area contributed by atoms with E-state index in [1.807, 2.05) is 6.92 Å². The number of thioether (sulfide) groups is 1. The summed E-state index contributed by atoms with van der Waals surface area (Å²) in [6.07, 6.45) is 5.03. The molecule has 1 aromatic heterocycles. The number of aliphatic hydroxyl groups is 1. The molecule has 4 heterocycles. The second-order valence-corrected chi connectivity index (χ2v) is 10.6. The lowest BCUT2D eigenvalue weighted by atomic mass is 9.89. The fourth-order valence-electron chi connectivity index (χ4n) is 4.56. The molecule has 6 nitrogen and oxygen atoms in total. The van der Waals surface area contributed by atoms with Gasteiger partial charge in [0.2, 0.25) is 0 Å². The summed E-state index contributed by atoms with van der Waals surface area (Å²) in [6.45, 7) is 4.20. The number of amides is 1.